The third kappa shape index (κ3) is 4.47. The van der Waals surface area contributed by atoms with Gasteiger partial charge in [-0.3, -0.25) is 19.5 Å². The van der Waals surface area contributed by atoms with Crippen molar-refractivity contribution in [2.24, 2.45) is 11.1 Å². The third-order valence-electron chi connectivity index (χ3n) is 5.17. The Labute approximate surface area is 174 Å². The summed E-state index contributed by atoms with van der Waals surface area (Å²) in [7, 11) is 0. The number of carbonyl (C=O) groups excluding carboxylic acids is 2. The highest BCUT2D eigenvalue weighted by Gasteiger charge is 2.54. The van der Waals surface area contributed by atoms with Crippen molar-refractivity contribution in [3.8, 4) is 0 Å². The van der Waals surface area contributed by atoms with Gasteiger partial charge in [-0.15, -0.1) is 0 Å². The minimum Gasteiger partial charge on any atom is -0.360 e. The van der Waals surface area contributed by atoms with E-state index in [9.17, 15) is 32.4 Å². The largest absolute Gasteiger partial charge is 0.360 e. The molecule has 1 aliphatic carbocycles. The van der Waals surface area contributed by atoms with E-state index in [0.717, 1.165) is 16.9 Å². The van der Waals surface area contributed by atoms with Crippen LogP contribution in [0, 0.1) is 12.3 Å². The highest BCUT2D eigenvalue weighted by molar-refractivity contribution is 6.04. The van der Waals surface area contributed by atoms with Crippen LogP contribution in [0.5, 0.6) is 0 Å². The molecule has 0 unspecified atom stereocenters. The third-order valence-corrected chi connectivity index (χ3v) is 5.17. The summed E-state index contributed by atoms with van der Waals surface area (Å²) in [6.45, 7) is 3.34. The fourth-order valence-electron chi connectivity index (χ4n) is 3.99. The van der Waals surface area contributed by atoms with Gasteiger partial charge >= 0.3 is 11.6 Å². The molecule has 2 aromatic rings. The van der Waals surface area contributed by atoms with Crippen LogP contribution in [0.15, 0.2) is 18.3 Å². The Morgan fingerprint density at radius 3 is 2.52 bits per heavy atom. The number of halogens is 4. The Balaban J connectivity index is 1.97. The van der Waals surface area contributed by atoms with Crippen molar-refractivity contribution < 1.29 is 37.1 Å². The lowest BCUT2D eigenvalue weighted by molar-refractivity contribution is -0.905. The minimum absolute atomic E-state index is 0.0578. The monoisotopic (exact) mass is 444 g/mol. The summed E-state index contributed by atoms with van der Waals surface area (Å²) in [6.07, 6.45) is 0.160. The van der Waals surface area contributed by atoms with Gasteiger partial charge < -0.3 is 11.1 Å². The van der Waals surface area contributed by atoms with Gasteiger partial charge in [0.2, 0.25) is 12.1 Å². The second-order valence-corrected chi connectivity index (χ2v) is 8.35. The van der Waals surface area contributed by atoms with Crippen LogP contribution in [0.4, 0.5) is 23.2 Å². The number of carbonyl (C=O) groups is 2. The molecular weight excluding hydrogens is 422 g/mol. The van der Waals surface area contributed by atoms with E-state index in [1.807, 2.05) is 0 Å². The molecule has 1 saturated carbocycles. The fraction of sp³-hybridized carbons (Fsp3) is 0.474. The number of alkyl halides is 4. The zero-order valence-electron chi connectivity index (χ0n) is 17.0. The lowest BCUT2D eigenvalue weighted by atomic mass is 9.67. The molecule has 2 aromatic heterocycles. The molecule has 4 N–H and O–H groups in total. The molecule has 1 fully saturated rings. The van der Waals surface area contributed by atoms with E-state index in [-0.39, 0.29) is 29.2 Å². The molecule has 12 heteroatoms. The van der Waals surface area contributed by atoms with Gasteiger partial charge in [-0.2, -0.15) is 13.9 Å². The molecule has 0 aliphatic heterocycles. The van der Waals surface area contributed by atoms with Crippen LogP contribution in [0.2, 0.25) is 0 Å². The van der Waals surface area contributed by atoms with Crippen LogP contribution in [-0.4, -0.2) is 32.7 Å². The van der Waals surface area contributed by atoms with Gasteiger partial charge in [0.25, 0.3) is 11.8 Å². The minimum atomic E-state index is -3.36. The molecule has 2 heterocycles. The Kier molecular flexibility index (Phi) is 5.23. The maximum absolute atomic E-state index is 14.0. The zero-order chi connectivity index (χ0) is 23.4. The predicted octanol–water partition coefficient (Wildman–Crippen LogP) is 2.61. The first-order valence-electron chi connectivity index (χ1n) is 9.32. The van der Waals surface area contributed by atoms with Gasteiger partial charge in [0.1, 0.15) is 11.4 Å². The van der Waals surface area contributed by atoms with Crippen molar-refractivity contribution in [3.63, 3.8) is 0 Å². The summed E-state index contributed by atoms with van der Waals surface area (Å²) >= 11 is 0. The molecule has 0 aromatic carbocycles. The second-order valence-electron chi connectivity index (χ2n) is 8.35. The van der Waals surface area contributed by atoms with Crippen molar-refractivity contribution in [1.29, 1.82) is 0 Å². The molecule has 1 aliphatic rings. The lowest BCUT2D eigenvalue weighted by Crippen LogP contribution is -2.47. The first kappa shape index (κ1) is 22.5. The number of hydrogen-bond donors (Lipinski definition) is 3. The predicted molar refractivity (Wildman–Crippen MR) is 99.1 cm³/mol. The normalized spacial score (nSPS) is 17.1. The first-order valence-corrected chi connectivity index (χ1v) is 9.32. The molecule has 0 atom stereocenters. The number of hydrogen-bond acceptors (Lipinski definition) is 4. The number of nitrogens with zero attached hydrogens (tertiary/aromatic N) is 3. The van der Waals surface area contributed by atoms with Gasteiger partial charge in [0.05, 0.1) is 5.69 Å². The van der Waals surface area contributed by atoms with Crippen molar-refractivity contribution in [3.05, 3.63) is 41.0 Å². The standard InChI is InChI=1S/C19H21F4N5O3/c1-10-13(16(30)25-11-4-5-28(31)12(6-11)15(24)29)27(26-14(10)18(3,20)21)9-17(2)7-19(22,23)8-17/h4-6,31H,7-9H2,1-3H3,(H2,24,29)/p+1. The summed E-state index contributed by atoms with van der Waals surface area (Å²) in [6, 6.07) is 2.35. The number of nitrogens with two attached hydrogens (primary N) is 1. The van der Waals surface area contributed by atoms with Gasteiger partial charge in [-0.05, 0) is 12.3 Å². The SMILES string of the molecule is Cc1c(C(C)(F)F)nn(CC2(C)CC(F)(F)C2)c1C(=O)Nc1cc[n+](O)c(C(N)=O)c1. The van der Waals surface area contributed by atoms with Crippen LogP contribution in [0.1, 0.15) is 58.9 Å². The van der Waals surface area contributed by atoms with Crippen molar-refractivity contribution in [2.45, 2.75) is 52.0 Å². The van der Waals surface area contributed by atoms with E-state index >= 15 is 0 Å². The fourth-order valence-corrected chi connectivity index (χ4v) is 3.99. The molecule has 0 radical (unpaired) electrons. The number of anilines is 1. The van der Waals surface area contributed by atoms with Crippen LogP contribution >= 0.6 is 0 Å². The van der Waals surface area contributed by atoms with Gasteiger partial charge in [0, 0.05) is 48.7 Å². The molecule has 0 saturated heterocycles. The van der Waals surface area contributed by atoms with E-state index in [1.54, 1.807) is 6.92 Å². The molecule has 31 heavy (non-hydrogen) atoms. The van der Waals surface area contributed by atoms with E-state index in [1.165, 1.54) is 13.0 Å². The van der Waals surface area contributed by atoms with E-state index in [0.29, 0.717) is 11.7 Å². The first-order chi connectivity index (χ1) is 14.1. The molecule has 8 nitrogen and oxygen atoms in total. The lowest BCUT2D eigenvalue weighted by Gasteiger charge is -2.44. The Bertz CT molecular complexity index is 1050. The highest BCUT2D eigenvalue weighted by Crippen LogP contribution is 2.52. The van der Waals surface area contributed by atoms with Crippen molar-refractivity contribution >= 4 is 17.5 Å². The summed E-state index contributed by atoms with van der Waals surface area (Å²) in [5.74, 6) is -8.00. The number of aromatic nitrogens is 3. The zero-order valence-corrected chi connectivity index (χ0v) is 17.0. The number of nitrogens with one attached hydrogen (secondary N) is 1. The number of pyridine rings is 1. The summed E-state index contributed by atoms with van der Waals surface area (Å²) < 4.78 is 56.3. The molecule has 0 bridgehead atoms. The van der Waals surface area contributed by atoms with Crippen molar-refractivity contribution in [2.75, 3.05) is 5.32 Å². The van der Waals surface area contributed by atoms with E-state index < -0.39 is 47.6 Å². The maximum atomic E-state index is 14.0. The smallest absolute Gasteiger partial charge is 0.323 e. The quantitative estimate of drug-likeness (QED) is 0.361. The topological polar surface area (TPSA) is 114 Å². The Hall–Kier alpha value is -3.18. The number of rotatable bonds is 6. The summed E-state index contributed by atoms with van der Waals surface area (Å²) in [5, 5.41) is 15.9. The molecule has 168 valence electrons. The van der Waals surface area contributed by atoms with Crippen LogP contribution in [0.3, 0.4) is 0 Å². The maximum Gasteiger partial charge on any atom is 0.323 e. The highest BCUT2D eigenvalue weighted by atomic mass is 19.3. The van der Waals surface area contributed by atoms with Crippen LogP contribution in [-0.2, 0) is 12.5 Å². The number of amides is 2. The Morgan fingerprint density at radius 1 is 1.39 bits per heavy atom. The molecule has 0 spiro atoms. The van der Waals surface area contributed by atoms with Gasteiger partial charge in [-0.25, -0.2) is 8.78 Å². The number of primary amides is 1. The average molecular weight is 444 g/mol. The summed E-state index contributed by atoms with van der Waals surface area (Å²) in [5.41, 5.74) is 3.03. The van der Waals surface area contributed by atoms with Crippen LogP contribution < -0.4 is 15.8 Å². The average Bonchev–Trinajstić information content (AvgIpc) is 2.90. The second kappa shape index (κ2) is 7.20. The molecular formula is C19H22F4N5O3+. The van der Waals surface area contributed by atoms with Gasteiger partial charge in [0.15, 0.2) is 0 Å². The van der Waals surface area contributed by atoms with Gasteiger partial charge in [-0.1, -0.05) is 6.92 Å². The van der Waals surface area contributed by atoms with E-state index in [4.69, 9.17) is 5.73 Å². The molecule has 3 rings (SSSR count). The van der Waals surface area contributed by atoms with Crippen molar-refractivity contribution in [1.82, 2.24) is 9.78 Å². The summed E-state index contributed by atoms with van der Waals surface area (Å²) in [4.78, 5) is 24.3. The van der Waals surface area contributed by atoms with E-state index in [2.05, 4.69) is 10.4 Å². The molecule has 2 amide bonds. The van der Waals surface area contributed by atoms with Crippen LogP contribution in [0.25, 0.3) is 0 Å². The Morgan fingerprint density at radius 2 is 2.00 bits per heavy atom.